The van der Waals surface area contributed by atoms with E-state index in [0.29, 0.717) is 13.0 Å². The molecular weight excluding hydrogens is 192 g/mol. The molecule has 0 aliphatic rings. The molecule has 4 heteroatoms. The van der Waals surface area contributed by atoms with Crippen LogP contribution < -0.4 is 10.6 Å². The van der Waals surface area contributed by atoms with Crippen LogP contribution in [0.5, 0.6) is 0 Å². The third-order valence-corrected chi connectivity index (χ3v) is 2.29. The standard InChI is InChI=1S/C11H24N2O2/c1-4-6-9(2)13-11(15)10(3)12-7-5-8-14/h9-10,12,14H,4-8H2,1-3H3,(H,13,15). The van der Waals surface area contributed by atoms with Crippen molar-refractivity contribution >= 4 is 5.91 Å². The molecule has 0 bridgehead atoms. The first-order valence-corrected chi connectivity index (χ1v) is 5.76. The van der Waals surface area contributed by atoms with Crippen LogP contribution in [-0.2, 0) is 4.79 Å². The molecule has 0 aliphatic carbocycles. The molecule has 0 aliphatic heterocycles. The van der Waals surface area contributed by atoms with Gasteiger partial charge in [-0.2, -0.15) is 0 Å². The molecule has 15 heavy (non-hydrogen) atoms. The van der Waals surface area contributed by atoms with E-state index < -0.39 is 0 Å². The van der Waals surface area contributed by atoms with Crippen LogP contribution in [-0.4, -0.2) is 36.2 Å². The topological polar surface area (TPSA) is 61.4 Å². The summed E-state index contributed by atoms with van der Waals surface area (Å²) >= 11 is 0. The maximum Gasteiger partial charge on any atom is 0.237 e. The average Bonchev–Trinajstić information content (AvgIpc) is 2.18. The van der Waals surface area contributed by atoms with Crippen LogP contribution in [0.2, 0.25) is 0 Å². The van der Waals surface area contributed by atoms with Crippen molar-refractivity contribution in [3.63, 3.8) is 0 Å². The van der Waals surface area contributed by atoms with Gasteiger partial charge in [0.25, 0.3) is 0 Å². The summed E-state index contributed by atoms with van der Waals surface area (Å²) in [6, 6.07) is 0.0560. The second kappa shape index (κ2) is 8.68. The normalized spacial score (nSPS) is 14.7. The summed E-state index contributed by atoms with van der Waals surface area (Å²) < 4.78 is 0. The van der Waals surface area contributed by atoms with Crippen LogP contribution >= 0.6 is 0 Å². The number of hydrogen-bond acceptors (Lipinski definition) is 3. The Morgan fingerprint density at radius 1 is 1.40 bits per heavy atom. The second-order valence-corrected chi connectivity index (χ2v) is 3.95. The number of nitrogens with one attached hydrogen (secondary N) is 2. The summed E-state index contributed by atoms with van der Waals surface area (Å²) in [5, 5.41) is 14.6. The van der Waals surface area contributed by atoms with Crippen molar-refractivity contribution in [3.05, 3.63) is 0 Å². The molecule has 2 atom stereocenters. The summed E-state index contributed by atoms with van der Waals surface area (Å²) in [5.41, 5.74) is 0. The fourth-order valence-corrected chi connectivity index (χ4v) is 1.36. The van der Waals surface area contributed by atoms with Crippen molar-refractivity contribution in [3.8, 4) is 0 Å². The van der Waals surface area contributed by atoms with Crippen LogP contribution in [0.1, 0.15) is 40.0 Å². The van der Waals surface area contributed by atoms with Crippen molar-refractivity contribution in [2.45, 2.75) is 52.1 Å². The Kier molecular flexibility index (Phi) is 8.33. The Hall–Kier alpha value is -0.610. The molecule has 2 unspecified atom stereocenters. The number of carbonyl (C=O) groups is 1. The molecule has 0 saturated heterocycles. The molecule has 0 aromatic rings. The summed E-state index contributed by atoms with van der Waals surface area (Å²) in [4.78, 5) is 11.6. The van der Waals surface area contributed by atoms with E-state index in [-0.39, 0.29) is 24.6 Å². The van der Waals surface area contributed by atoms with E-state index in [0.717, 1.165) is 12.8 Å². The van der Waals surface area contributed by atoms with E-state index in [1.165, 1.54) is 0 Å². The van der Waals surface area contributed by atoms with Gasteiger partial charge >= 0.3 is 0 Å². The molecule has 0 radical (unpaired) electrons. The zero-order chi connectivity index (χ0) is 11.7. The van der Waals surface area contributed by atoms with Crippen molar-refractivity contribution in [2.24, 2.45) is 0 Å². The van der Waals surface area contributed by atoms with Crippen LogP contribution in [0.15, 0.2) is 0 Å². The van der Waals surface area contributed by atoms with Crippen LogP contribution in [0, 0.1) is 0 Å². The molecule has 0 heterocycles. The molecule has 0 fully saturated rings. The highest BCUT2D eigenvalue weighted by Gasteiger charge is 2.13. The van der Waals surface area contributed by atoms with Gasteiger partial charge in [0.2, 0.25) is 5.91 Å². The molecule has 3 N–H and O–H groups in total. The van der Waals surface area contributed by atoms with Crippen molar-refractivity contribution in [2.75, 3.05) is 13.2 Å². The van der Waals surface area contributed by atoms with E-state index in [1.54, 1.807) is 0 Å². The molecule has 4 nitrogen and oxygen atoms in total. The third-order valence-electron chi connectivity index (χ3n) is 2.29. The van der Waals surface area contributed by atoms with Gasteiger partial charge in [0.1, 0.15) is 0 Å². The van der Waals surface area contributed by atoms with Crippen LogP contribution in [0.3, 0.4) is 0 Å². The van der Waals surface area contributed by atoms with E-state index in [4.69, 9.17) is 5.11 Å². The first-order valence-electron chi connectivity index (χ1n) is 5.76. The maximum absolute atomic E-state index is 11.6. The highest BCUT2D eigenvalue weighted by Crippen LogP contribution is 1.95. The number of amides is 1. The maximum atomic E-state index is 11.6. The quantitative estimate of drug-likeness (QED) is 0.522. The van der Waals surface area contributed by atoms with E-state index in [9.17, 15) is 4.79 Å². The predicted molar refractivity (Wildman–Crippen MR) is 61.7 cm³/mol. The molecule has 0 aromatic carbocycles. The van der Waals surface area contributed by atoms with E-state index in [1.807, 2.05) is 13.8 Å². The fourth-order valence-electron chi connectivity index (χ4n) is 1.36. The Labute approximate surface area is 92.4 Å². The lowest BCUT2D eigenvalue weighted by molar-refractivity contribution is -0.123. The number of rotatable bonds is 8. The van der Waals surface area contributed by atoms with Crippen LogP contribution in [0.4, 0.5) is 0 Å². The average molecular weight is 216 g/mol. The molecule has 0 saturated carbocycles. The Morgan fingerprint density at radius 3 is 2.60 bits per heavy atom. The molecule has 1 amide bonds. The molecular formula is C11H24N2O2. The van der Waals surface area contributed by atoms with Gasteiger partial charge in [-0.05, 0) is 33.2 Å². The fraction of sp³-hybridized carbons (Fsp3) is 0.909. The lowest BCUT2D eigenvalue weighted by atomic mass is 10.2. The molecule has 90 valence electrons. The van der Waals surface area contributed by atoms with Gasteiger partial charge in [-0.3, -0.25) is 4.79 Å². The minimum absolute atomic E-state index is 0.0360. The number of aliphatic hydroxyl groups excluding tert-OH is 1. The van der Waals surface area contributed by atoms with Crippen molar-refractivity contribution in [1.29, 1.82) is 0 Å². The minimum atomic E-state index is -0.184. The molecule has 0 rings (SSSR count). The van der Waals surface area contributed by atoms with Gasteiger partial charge < -0.3 is 15.7 Å². The first-order chi connectivity index (χ1) is 7.11. The molecule has 0 aromatic heterocycles. The third kappa shape index (κ3) is 7.33. The molecule has 0 spiro atoms. The van der Waals surface area contributed by atoms with E-state index >= 15 is 0 Å². The number of aliphatic hydroxyl groups is 1. The second-order valence-electron chi connectivity index (χ2n) is 3.95. The summed E-state index contributed by atoms with van der Waals surface area (Å²) in [6.45, 7) is 6.79. The smallest absolute Gasteiger partial charge is 0.237 e. The van der Waals surface area contributed by atoms with Crippen LogP contribution in [0.25, 0.3) is 0 Å². The Balaban J connectivity index is 3.68. The van der Waals surface area contributed by atoms with Gasteiger partial charge in [0.05, 0.1) is 6.04 Å². The zero-order valence-corrected chi connectivity index (χ0v) is 10.0. The zero-order valence-electron chi connectivity index (χ0n) is 10.0. The van der Waals surface area contributed by atoms with Gasteiger partial charge in [-0.15, -0.1) is 0 Å². The minimum Gasteiger partial charge on any atom is -0.396 e. The number of carbonyl (C=O) groups excluding carboxylic acids is 1. The SMILES string of the molecule is CCCC(C)NC(=O)C(C)NCCCO. The van der Waals surface area contributed by atoms with Crippen molar-refractivity contribution in [1.82, 2.24) is 10.6 Å². The number of hydrogen-bond donors (Lipinski definition) is 3. The highest BCUT2D eigenvalue weighted by molar-refractivity contribution is 5.81. The van der Waals surface area contributed by atoms with Crippen molar-refractivity contribution < 1.29 is 9.90 Å². The predicted octanol–water partition coefficient (Wildman–Crippen LogP) is 0.652. The van der Waals surface area contributed by atoms with E-state index in [2.05, 4.69) is 17.6 Å². The largest absolute Gasteiger partial charge is 0.396 e. The lowest BCUT2D eigenvalue weighted by Crippen LogP contribution is -2.45. The summed E-state index contributed by atoms with van der Waals surface area (Å²) in [7, 11) is 0. The lowest BCUT2D eigenvalue weighted by Gasteiger charge is -2.17. The highest BCUT2D eigenvalue weighted by atomic mass is 16.3. The Morgan fingerprint density at radius 2 is 2.07 bits per heavy atom. The van der Waals surface area contributed by atoms with Gasteiger partial charge in [0.15, 0.2) is 0 Å². The van der Waals surface area contributed by atoms with Gasteiger partial charge in [-0.1, -0.05) is 13.3 Å². The van der Waals surface area contributed by atoms with Gasteiger partial charge in [0, 0.05) is 12.6 Å². The first kappa shape index (κ1) is 14.4. The Bertz CT molecular complexity index is 174. The summed E-state index contributed by atoms with van der Waals surface area (Å²) in [5.74, 6) is 0.0360. The van der Waals surface area contributed by atoms with Gasteiger partial charge in [-0.25, -0.2) is 0 Å². The monoisotopic (exact) mass is 216 g/mol. The summed E-state index contributed by atoms with van der Waals surface area (Å²) in [6.07, 6.45) is 2.77.